The molecule has 0 saturated carbocycles. The smallest absolute Gasteiger partial charge is 0.185 e. The van der Waals surface area contributed by atoms with Crippen LogP contribution in [0.5, 0.6) is 5.75 Å². The molecule has 0 bridgehead atoms. The van der Waals surface area contributed by atoms with E-state index in [0.717, 1.165) is 11.3 Å². The first-order chi connectivity index (χ1) is 10.1. The molecule has 0 aliphatic carbocycles. The van der Waals surface area contributed by atoms with E-state index in [1.807, 2.05) is 60.7 Å². The number of hydrogen-bond acceptors (Lipinski definition) is 2. The number of carbonyl (C=O) groups excluding carboxylic acids is 1. The molecule has 0 aromatic heterocycles. The van der Waals surface area contributed by atoms with Crippen LogP contribution in [0.2, 0.25) is 0 Å². The van der Waals surface area contributed by atoms with E-state index in [1.165, 1.54) is 0 Å². The Labute approximate surface area is 126 Å². The van der Waals surface area contributed by atoms with Gasteiger partial charge in [0.2, 0.25) is 0 Å². The molecule has 2 rings (SSSR count). The van der Waals surface area contributed by atoms with Gasteiger partial charge in [0.25, 0.3) is 0 Å². The molecule has 0 aliphatic heterocycles. The summed E-state index contributed by atoms with van der Waals surface area (Å²) in [5.74, 6) is 1.37. The molecule has 0 atom stereocenters. The fourth-order valence-electron chi connectivity index (χ4n) is 1.81. The molecule has 0 N–H and O–H groups in total. The quantitative estimate of drug-likeness (QED) is 0.570. The molecule has 0 heterocycles. The number of carbonyl (C=O) groups is 1. The second-order valence-corrected chi connectivity index (χ2v) is 5.34. The fraction of sp³-hybridized carbons (Fsp3) is 0.211. The number of allylic oxidation sites excluding steroid dienone is 1. The van der Waals surface area contributed by atoms with Crippen molar-refractivity contribution in [2.45, 2.75) is 13.8 Å². The van der Waals surface area contributed by atoms with Crippen LogP contribution in [0.4, 0.5) is 0 Å². The molecule has 2 aromatic carbocycles. The molecule has 0 spiro atoms. The maximum Gasteiger partial charge on any atom is 0.185 e. The molecule has 2 nitrogen and oxygen atoms in total. The summed E-state index contributed by atoms with van der Waals surface area (Å²) in [5, 5.41) is 0. The van der Waals surface area contributed by atoms with Crippen molar-refractivity contribution in [3.63, 3.8) is 0 Å². The summed E-state index contributed by atoms with van der Waals surface area (Å²) in [6, 6.07) is 17.0. The van der Waals surface area contributed by atoms with Crippen molar-refractivity contribution in [1.82, 2.24) is 0 Å². The predicted molar refractivity (Wildman–Crippen MR) is 86.6 cm³/mol. The Bertz CT molecular complexity index is 595. The first-order valence-corrected chi connectivity index (χ1v) is 7.15. The van der Waals surface area contributed by atoms with Crippen LogP contribution in [0.15, 0.2) is 60.7 Å². The third kappa shape index (κ3) is 4.92. The molecule has 2 aromatic rings. The molecule has 2 heteroatoms. The van der Waals surface area contributed by atoms with Gasteiger partial charge >= 0.3 is 0 Å². The summed E-state index contributed by atoms with van der Waals surface area (Å²) in [6.45, 7) is 4.94. The number of ketones is 1. The first kappa shape index (κ1) is 15.0. The molecular weight excluding hydrogens is 260 g/mol. The van der Waals surface area contributed by atoms with Crippen molar-refractivity contribution in [2.75, 3.05) is 6.61 Å². The van der Waals surface area contributed by atoms with Gasteiger partial charge in [-0.3, -0.25) is 4.79 Å². The van der Waals surface area contributed by atoms with Crippen LogP contribution in [0.3, 0.4) is 0 Å². The monoisotopic (exact) mass is 280 g/mol. The van der Waals surface area contributed by atoms with Gasteiger partial charge in [-0.25, -0.2) is 0 Å². The minimum absolute atomic E-state index is 0.00994. The van der Waals surface area contributed by atoms with E-state index >= 15 is 0 Å². The summed E-state index contributed by atoms with van der Waals surface area (Å²) in [7, 11) is 0. The lowest BCUT2D eigenvalue weighted by molar-refractivity contribution is 0.104. The summed E-state index contributed by atoms with van der Waals surface area (Å²) >= 11 is 0. The van der Waals surface area contributed by atoms with Gasteiger partial charge in [-0.15, -0.1) is 0 Å². The zero-order valence-corrected chi connectivity index (χ0v) is 12.5. The van der Waals surface area contributed by atoms with E-state index in [-0.39, 0.29) is 5.78 Å². The molecule has 0 amide bonds. The van der Waals surface area contributed by atoms with Gasteiger partial charge < -0.3 is 4.74 Å². The second-order valence-electron chi connectivity index (χ2n) is 5.34. The Hall–Kier alpha value is -2.35. The number of hydrogen-bond donors (Lipinski definition) is 0. The molecule has 0 unspecified atom stereocenters. The predicted octanol–water partition coefficient (Wildman–Crippen LogP) is 4.62. The Balaban J connectivity index is 1.97. The van der Waals surface area contributed by atoms with Crippen molar-refractivity contribution < 1.29 is 9.53 Å². The fourth-order valence-corrected chi connectivity index (χ4v) is 1.81. The van der Waals surface area contributed by atoms with Gasteiger partial charge in [-0.05, 0) is 29.7 Å². The molecule has 0 aliphatic rings. The zero-order valence-electron chi connectivity index (χ0n) is 12.5. The highest BCUT2D eigenvalue weighted by atomic mass is 16.5. The lowest BCUT2D eigenvalue weighted by Crippen LogP contribution is -2.04. The van der Waals surface area contributed by atoms with Gasteiger partial charge in [-0.2, -0.15) is 0 Å². The third-order valence-electron chi connectivity index (χ3n) is 2.95. The van der Waals surface area contributed by atoms with Crippen LogP contribution in [0, 0.1) is 5.92 Å². The number of benzene rings is 2. The van der Waals surface area contributed by atoms with E-state index < -0.39 is 0 Å². The molecule has 0 saturated heterocycles. The molecule has 21 heavy (non-hydrogen) atoms. The highest BCUT2D eigenvalue weighted by Gasteiger charge is 2.00. The van der Waals surface area contributed by atoms with Gasteiger partial charge in [0.1, 0.15) is 5.75 Å². The summed E-state index contributed by atoms with van der Waals surface area (Å²) in [5.41, 5.74) is 1.68. The van der Waals surface area contributed by atoms with Crippen molar-refractivity contribution in [2.24, 2.45) is 5.92 Å². The van der Waals surface area contributed by atoms with E-state index in [2.05, 4.69) is 13.8 Å². The number of rotatable bonds is 6. The molecular formula is C19H20O2. The Morgan fingerprint density at radius 3 is 2.33 bits per heavy atom. The summed E-state index contributed by atoms with van der Waals surface area (Å²) in [4.78, 5) is 12.0. The van der Waals surface area contributed by atoms with Crippen molar-refractivity contribution in [1.29, 1.82) is 0 Å². The number of ether oxygens (including phenoxy) is 1. The molecule has 108 valence electrons. The van der Waals surface area contributed by atoms with Crippen LogP contribution >= 0.6 is 0 Å². The van der Waals surface area contributed by atoms with E-state index in [4.69, 9.17) is 4.74 Å². The highest BCUT2D eigenvalue weighted by Crippen LogP contribution is 2.14. The maximum absolute atomic E-state index is 12.0. The van der Waals surface area contributed by atoms with Crippen LogP contribution < -0.4 is 4.74 Å². The summed E-state index contributed by atoms with van der Waals surface area (Å²) < 4.78 is 5.63. The van der Waals surface area contributed by atoms with Gasteiger partial charge in [0.05, 0.1) is 6.61 Å². The van der Waals surface area contributed by atoms with Gasteiger partial charge in [-0.1, -0.05) is 62.4 Å². The standard InChI is InChI=1S/C19H20O2/c1-15(2)14-21-18-11-8-16(9-12-18)10-13-19(20)17-6-4-3-5-7-17/h3-13,15H,14H2,1-2H3/b13-10+. The summed E-state index contributed by atoms with van der Waals surface area (Å²) in [6.07, 6.45) is 3.42. The molecule has 0 fully saturated rings. The van der Waals surface area contributed by atoms with Crippen LogP contribution in [-0.2, 0) is 0 Å². The normalized spacial score (nSPS) is 11.0. The average molecular weight is 280 g/mol. The van der Waals surface area contributed by atoms with Crippen molar-refractivity contribution in [3.05, 3.63) is 71.8 Å². The van der Waals surface area contributed by atoms with E-state index in [0.29, 0.717) is 18.1 Å². The minimum Gasteiger partial charge on any atom is -0.493 e. The van der Waals surface area contributed by atoms with E-state index in [9.17, 15) is 4.79 Å². The van der Waals surface area contributed by atoms with Gasteiger partial charge in [0.15, 0.2) is 5.78 Å². The Kier molecular flexibility index (Phi) is 5.33. The largest absolute Gasteiger partial charge is 0.493 e. The molecule has 0 radical (unpaired) electrons. The van der Waals surface area contributed by atoms with Crippen LogP contribution in [0.1, 0.15) is 29.8 Å². The van der Waals surface area contributed by atoms with Crippen LogP contribution in [-0.4, -0.2) is 12.4 Å². The second kappa shape index (κ2) is 7.44. The zero-order chi connectivity index (χ0) is 15.1. The third-order valence-corrected chi connectivity index (χ3v) is 2.95. The minimum atomic E-state index is 0.00994. The lowest BCUT2D eigenvalue weighted by atomic mass is 10.1. The van der Waals surface area contributed by atoms with E-state index in [1.54, 1.807) is 6.08 Å². The lowest BCUT2D eigenvalue weighted by Gasteiger charge is -2.08. The Morgan fingerprint density at radius 2 is 1.71 bits per heavy atom. The van der Waals surface area contributed by atoms with Crippen molar-refractivity contribution in [3.8, 4) is 5.75 Å². The first-order valence-electron chi connectivity index (χ1n) is 7.15. The SMILES string of the molecule is CC(C)COc1ccc(/C=C/C(=O)c2ccccc2)cc1. The Morgan fingerprint density at radius 1 is 1.05 bits per heavy atom. The highest BCUT2D eigenvalue weighted by molar-refractivity contribution is 6.06. The average Bonchev–Trinajstić information content (AvgIpc) is 2.52. The topological polar surface area (TPSA) is 26.3 Å². The van der Waals surface area contributed by atoms with Crippen LogP contribution in [0.25, 0.3) is 6.08 Å². The maximum atomic E-state index is 12.0. The van der Waals surface area contributed by atoms with Gasteiger partial charge in [0, 0.05) is 5.56 Å². The van der Waals surface area contributed by atoms with Crippen molar-refractivity contribution >= 4 is 11.9 Å².